The summed E-state index contributed by atoms with van der Waals surface area (Å²) in [6.45, 7) is 3.01. The predicted molar refractivity (Wildman–Crippen MR) is 70.1 cm³/mol. The molecule has 17 heavy (non-hydrogen) atoms. The maximum absolute atomic E-state index is 10.4. The number of nitrogens with zero attached hydrogens (tertiary/aromatic N) is 3. The van der Waals surface area contributed by atoms with Gasteiger partial charge in [-0.25, -0.2) is 4.98 Å². The molecule has 1 fully saturated rings. The fourth-order valence-electron chi connectivity index (χ4n) is 2.40. The van der Waals surface area contributed by atoms with Crippen molar-refractivity contribution in [3.8, 4) is 0 Å². The van der Waals surface area contributed by atoms with Gasteiger partial charge in [-0.3, -0.25) is 4.68 Å². The molecule has 1 aromatic heterocycles. The van der Waals surface area contributed by atoms with Crippen LogP contribution in [-0.2, 0) is 13.0 Å². The van der Waals surface area contributed by atoms with Crippen LogP contribution in [0.15, 0.2) is 6.33 Å². The second-order valence-electron chi connectivity index (χ2n) is 4.74. The topological polar surface area (TPSA) is 50.9 Å². The first kappa shape index (κ1) is 12.9. The van der Waals surface area contributed by atoms with Crippen LogP contribution in [0.2, 0.25) is 0 Å². The van der Waals surface area contributed by atoms with Gasteiger partial charge in [-0.1, -0.05) is 13.3 Å². The maximum Gasteiger partial charge on any atom is 0.138 e. The smallest absolute Gasteiger partial charge is 0.138 e. The molecular formula is C12H21N3OS. The fraction of sp³-hybridized carbons (Fsp3) is 0.833. The molecule has 0 aliphatic heterocycles. The Balaban J connectivity index is 2.02. The van der Waals surface area contributed by atoms with E-state index in [4.69, 9.17) is 0 Å². The number of hydrogen-bond donors (Lipinski definition) is 1. The van der Waals surface area contributed by atoms with E-state index in [1.54, 1.807) is 18.1 Å². The van der Waals surface area contributed by atoms with Crippen LogP contribution in [-0.4, -0.2) is 37.0 Å². The van der Waals surface area contributed by atoms with Gasteiger partial charge in [-0.05, 0) is 25.5 Å². The quantitative estimate of drug-likeness (QED) is 0.843. The number of aryl methyl sites for hydroxylation is 1. The number of aliphatic hydroxyl groups excluding tert-OH is 1. The highest BCUT2D eigenvalue weighted by molar-refractivity contribution is 8.00. The van der Waals surface area contributed by atoms with E-state index >= 15 is 0 Å². The summed E-state index contributed by atoms with van der Waals surface area (Å²) in [5.41, 5.74) is 0. The molecule has 1 aromatic rings. The van der Waals surface area contributed by atoms with E-state index in [9.17, 15) is 5.11 Å². The Morgan fingerprint density at radius 1 is 1.59 bits per heavy atom. The zero-order valence-corrected chi connectivity index (χ0v) is 11.4. The molecule has 1 aliphatic rings. The van der Waals surface area contributed by atoms with Crippen molar-refractivity contribution >= 4 is 11.8 Å². The van der Waals surface area contributed by atoms with Gasteiger partial charge in [0.25, 0.3) is 0 Å². The third kappa shape index (κ3) is 2.50. The van der Waals surface area contributed by atoms with Gasteiger partial charge in [0.2, 0.25) is 0 Å². The van der Waals surface area contributed by atoms with E-state index < -0.39 is 0 Å². The van der Waals surface area contributed by atoms with Crippen molar-refractivity contribution in [3.63, 3.8) is 0 Å². The van der Waals surface area contributed by atoms with Crippen molar-refractivity contribution in [1.82, 2.24) is 14.8 Å². The van der Waals surface area contributed by atoms with Gasteiger partial charge >= 0.3 is 0 Å². The normalized spacial score (nSPS) is 19.9. The lowest BCUT2D eigenvalue weighted by Gasteiger charge is -2.44. The van der Waals surface area contributed by atoms with E-state index in [2.05, 4.69) is 23.3 Å². The molecule has 1 atom stereocenters. The number of aliphatic hydroxyl groups is 1. The van der Waals surface area contributed by atoms with Gasteiger partial charge in [-0.2, -0.15) is 16.9 Å². The molecule has 5 heteroatoms. The van der Waals surface area contributed by atoms with E-state index in [1.807, 2.05) is 4.68 Å². The molecule has 1 heterocycles. The van der Waals surface area contributed by atoms with Gasteiger partial charge in [-0.15, -0.1) is 0 Å². The van der Waals surface area contributed by atoms with Gasteiger partial charge in [0.1, 0.15) is 12.2 Å². The van der Waals surface area contributed by atoms with Crippen LogP contribution >= 0.6 is 11.8 Å². The molecule has 1 saturated carbocycles. The van der Waals surface area contributed by atoms with Crippen LogP contribution in [0.3, 0.4) is 0 Å². The van der Waals surface area contributed by atoms with Crippen molar-refractivity contribution < 1.29 is 5.11 Å². The average Bonchev–Trinajstić information content (AvgIpc) is 2.66. The molecular weight excluding hydrogens is 234 g/mol. The van der Waals surface area contributed by atoms with E-state index in [0.717, 1.165) is 31.6 Å². The Kier molecular flexibility index (Phi) is 4.09. The van der Waals surface area contributed by atoms with Crippen LogP contribution in [0.1, 0.15) is 38.4 Å². The lowest BCUT2D eigenvalue weighted by molar-refractivity contribution is 0.0850. The number of hydrogen-bond acceptors (Lipinski definition) is 4. The van der Waals surface area contributed by atoms with E-state index in [0.29, 0.717) is 6.42 Å². The third-order valence-electron chi connectivity index (χ3n) is 3.72. The second kappa shape index (κ2) is 5.40. The molecule has 4 nitrogen and oxygen atoms in total. The van der Waals surface area contributed by atoms with Crippen LogP contribution < -0.4 is 0 Å². The zero-order valence-electron chi connectivity index (χ0n) is 10.6. The summed E-state index contributed by atoms with van der Waals surface area (Å²) in [7, 11) is 0. The van der Waals surface area contributed by atoms with Gasteiger partial charge in [0.15, 0.2) is 0 Å². The van der Waals surface area contributed by atoms with Crippen LogP contribution in [0, 0.1) is 0 Å². The lowest BCUT2D eigenvalue weighted by Crippen LogP contribution is -2.46. The summed E-state index contributed by atoms with van der Waals surface area (Å²) in [6, 6.07) is 0. The van der Waals surface area contributed by atoms with Crippen molar-refractivity contribution in [1.29, 1.82) is 0 Å². The monoisotopic (exact) mass is 255 g/mol. The molecule has 96 valence electrons. The molecule has 1 aliphatic carbocycles. The largest absolute Gasteiger partial charge is 0.391 e. The predicted octanol–water partition coefficient (Wildman–Crippen LogP) is 1.88. The number of thioether (sulfide) groups is 1. The minimum atomic E-state index is -0.300. The first-order chi connectivity index (χ1) is 8.22. The minimum absolute atomic E-state index is 0.0724. The lowest BCUT2D eigenvalue weighted by atomic mass is 9.78. The van der Waals surface area contributed by atoms with Crippen LogP contribution in [0.5, 0.6) is 0 Å². The summed E-state index contributed by atoms with van der Waals surface area (Å²) in [5, 5.41) is 14.6. The zero-order chi connectivity index (χ0) is 12.3. The van der Waals surface area contributed by atoms with Gasteiger partial charge in [0, 0.05) is 17.7 Å². The summed E-state index contributed by atoms with van der Waals surface area (Å²) in [6.07, 6.45) is 8.53. The molecule has 1 unspecified atom stereocenters. The summed E-state index contributed by atoms with van der Waals surface area (Å²) in [5.74, 6) is 0.916. The van der Waals surface area contributed by atoms with Crippen LogP contribution in [0.4, 0.5) is 0 Å². The fourth-order valence-corrected chi connectivity index (χ4v) is 3.45. The highest BCUT2D eigenvalue weighted by atomic mass is 32.2. The Hall–Kier alpha value is -0.550. The number of aromatic nitrogens is 3. The Labute approximate surface area is 107 Å². The van der Waals surface area contributed by atoms with Gasteiger partial charge < -0.3 is 5.11 Å². The molecule has 0 saturated heterocycles. The maximum atomic E-state index is 10.4. The molecule has 0 spiro atoms. The summed E-state index contributed by atoms with van der Waals surface area (Å²) in [4.78, 5) is 4.26. The first-order valence-corrected chi connectivity index (χ1v) is 7.54. The van der Waals surface area contributed by atoms with E-state index in [-0.39, 0.29) is 10.9 Å². The third-order valence-corrected chi connectivity index (χ3v) is 5.21. The molecule has 0 amide bonds. The Morgan fingerprint density at radius 3 is 2.88 bits per heavy atom. The Morgan fingerprint density at radius 2 is 2.35 bits per heavy atom. The van der Waals surface area contributed by atoms with E-state index in [1.165, 1.54) is 6.42 Å². The van der Waals surface area contributed by atoms with Crippen LogP contribution in [0.25, 0.3) is 0 Å². The van der Waals surface area contributed by atoms with Crippen molar-refractivity contribution in [2.24, 2.45) is 0 Å². The molecule has 2 rings (SSSR count). The summed E-state index contributed by atoms with van der Waals surface area (Å²) < 4.78 is 1.99. The standard InChI is InChI=1S/C12H21N3OS/c1-3-7-15-11(13-9-14-15)8-10(16)12(17-2)5-4-6-12/h9-10,16H,3-8H2,1-2H3. The molecule has 0 aromatic carbocycles. The van der Waals surface area contributed by atoms with Crippen molar-refractivity contribution in [2.75, 3.05) is 6.26 Å². The Bertz CT molecular complexity index is 357. The summed E-state index contributed by atoms with van der Waals surface area (Å²) >= 11 is 1.80. The van der Waals surface area contributed by atoms with Crippen molar-refractivity contribution in [2.45, 2.75) is 56.4 Å². The molecule has 0 bridgehead atoms. The second-order valence-corrected chi connectivity index (χ2v) is 5.96. The average molecular weight is 255 g/mol. The highest BCUT2D eigenvalue weighted by Crippen LogP contribution is 2.46. The van der Waals surface area contributed by atoms with Crippen molar-refractivity contribution in [3.05, 3.63) is 12.2 Å². The van der Waals surface area contributed by atoms with Gasteiger partial charge in [0.05, 0.1) is 6.10 Å². The SMILES string of the molecule is CCCn1ncnc1CC(O)C1(SC)CCC1. The molecule has 1 N–H and O–H groups in total. The molecule has 0 radical (unpaired) electrons. The first-order valence-electron chi connectivity index (χ1n) is 6.32. The highest BCUT2D eigenvalue weighted by Gasteiger charge is 2.43. The minimum Gasteiger partial charge on any atom is -0.391 e. The number of rotatable bonds is 6.